The highest BCUT2D eigenvalue weighted by Gasteiger charge is 2.34. The van der Waals surface area contributed by atoms with Gasteiger partial charge in [-0.25, -0.2) is 0 Å². The van der Waals surface area contributed by atoms with Crippen LogP contribution in [0.1, 0.15) is 29.2 Å². The third-order valence-corrected chi connectivity index (χ3v) is 2.39. The second-order valence-electron chi connectivity index (χ2n) is 3.40. The van der Waals surface area contributed by atoms with E-state index in [1.807, 2.05) is 0 Å². The van der Waals surface area contributed by atoms with Gasteiger partial charge in [0.05, 0.1) is 5.56 Å². The lowest BCUT2D eigenvalue weighted by molar-refractivity contribution is -0.138. The van der Waals surface area contributed by atoms with Crippen LogP contribution >= 0.6 is 0 Å². The van der Waals surface area contributed by atoms with E-state index in [1.54, 1.807) is 19.9 Å². The second-order valence-corrected chi connectivity index (χ2v) is 3.40. The van der Waals surface area contributed by atoms with Crippen LogP contribution < -0.4 is 0 Å². The maximum atomic E-state index is 12.7. The summed E-state index contributed by atoms with van der Waals surface area (Å²) < 4.78 is 38.0. The van der Waals surface area contributed by atoms with Crippen LogP contribution in [0.25, 0.3) is 0 Å². The van der Waals surface area contributed by atoms with Crippen LogP contribution in [0.5, 0.6) is 0 Å². The SMILES string of the molecule is CCc1c(C)ccc(C)c1C(F)(F)F. The van der Waals surface area contributed by atoms with Crippen LogP contribution in [0, 0.1) is 13.8 Å². The molecule has 0 radical (unpaired) electrons. The Labute approximate surface area is 81.8 Å². The Bertz CT molecular complexity index is 337. The maximum Gasteiger partial charge on any atom is 0.416 e. The van der Waals surface area contributed by atoms with Gasteiger partial charge in [0.1, 0.15) is 0 Å². The highest BCUT2D eigenvalue weighted by atomic mass is 19.4. The Balaban J connectivity index is 3.46. The van der Waals surface area contributed by atoms with Crippen LogP contribution in [-0.4, -0.2) is 0 Å². The molecule has 0 spiro atoms. The Hall–Kier alpha value is -0.990. The highest BCUT2D eigenvalue weighted by molar-refractivity contribution is 5.41. The third-order valence-electron chi connectivity index (χ3n) is 2.39. The zero-order chi connectivity index (χ0) is 10.9. The average Bonchev–Trinajstić information content (AvgIpc) is 2.06. The van der Waals surface area contributed by atoms with Crippen molar-refractivity contribution in [2.24, 2.45) is 0 Å². The first-order valence-electron chi connectivity index (χ1n) is 4.54. The molecule has 3 heteroatoms. The van der Waals surface area contributed by atoms with E-state index < -0.39 is 11.7 Å². The molecule has 0 atom stereocenters. The van der Waals surface area contributed by atoms with Crippen molar-refractivity contribution in [3.63, 3.8) is 0 Å². The van der Waals surface area contributed by atoms with Gasteiger partial charge in [-0.1, -0.05) is 19.1 Å². The van der Waals surface area contributed by atoms with Crippen molar-refractivity contribution >= 4 is 0 Å². The molecule has 14 heavy (non-hydrogen) atoms. The fourth-order valence-corrected chi connectivity index (χ4v) is 1.72. The predicted octanol–water partition coefficient (Wildman–Crippen LogP) is 3.88. The van der Waals surface area contributed by atoms with Crippen LogP contribution in [0.4, 0.5) is 13.2 Å². The number of rotatable bonds is 1. The van der Waals surface area contributed by atoms with Gasteiger partial charge in [0.2, 0.25) is 0 Å². The molecule has 0 amide bonds. The van der Waals surface area contributed by atoms with Crippen molar-refractivity contribution in [3.8, 4) is 0 Å². The van der Waals surface area contributed by atoms with Gasteiger partial charge in [0.15, 0.2) is 0 Å². The number of hydrogen-bond acceptors (Lipinski definition) is 0. The van der Waals surface area contributed by atoms with Crippen LogP contribution in [-0.2, 0) is 12.6 Å². The predicted molar refractivity (Wildman–Crippen MR) is 50.3 cm³/mol. The smallest absolute Gasteiger partial charge is 0.166 e. The van der Waals surface area contributed by atoms with E-state index in [0.29, 0.717) is 23.1 Å². The minimum absolute atomic E-state index is 0.306. The Morgan fingerprint density at radius 3 is 1.93 bits per heavy atom. The minimum Gasteiger partial charge on any atom is -0.166 e. The summed E-state index contributed by atoms with van der Waals surface area (Å²) in [6.07, 6.45) is -3.82. The monoisotopic (exact) mass is 202 g/mol. The van der Waals surface area contributed by atoms with E-state index in [-0.39, 0.29) is 0 Å². The lowest BCUT2D eigenvalue weighted by Crippen LogP contribution is -2.12. The van der Waals surface area contributed by atoms with E-state index in [2.05, 4.69) is 0 Å². The standard InChI is InChI=1S/C11H13F3/c1-4-9-7(2)5-6-8(3)10(9)11(12,13)14/h5-6H,4H2,1-3H3. The molecule has 0 unspecified atom stereocenters. The normalized spacial score (nSPS) is 11.9. The number of benzene rings is 1. The molecule has 1 rings (SSSR count). The molecule has 0 N–H and O–H groups in total. The number of alkyl halides is 3. The van der Waals surface area contributed by atoms with Crippen molar-refractivity contribution in [2.45, 2.75) is 33.4 Å². The van der Waals surface area contributed by atoms with E-state index in [0.717, 1.165) is 0 Å². The lowest BCUT2D eigenvalue weighted by Gasteiger charge is -2.16. The fourth-order valence-electron chi connectivity index (χ4n) is 1.72. The highest BCUT2D eigenvalue weighted by Crippen LogP contribution is 2.35. The summed E-state index contributed by atoms with van der Waals surface area (Å²) >= 11 is 0. The number of halogens is 3. The van der Waals surface area contributed by atoms with Gasteiger partial charge in [-0.05, 0) is 37.0 Å². The molecule has 0 aliphatic rings. The molecule has 0 aliphatic heterocycles. The molecule has 0 aromatic heterocycles. The summed E-state index contributed by atoms with van der Waals surface area (Å²) in [7, 11) is 0. The van der Waals surface area contributed by atoms with Crippen molar-refractivity contribution in [1.82, 2.24) is 0 Å². The molecular formula is C11H13F3. The zero-order valence-corrected chi connectivity index (χ0v) is 8.50. The van der Waals surface area contributed by atoms with Gasteiger partial charge in [-0.15, -0.1) is 0 Å². The molecule has 0 saturated carbocycles. The quantitative estimate of drug-likeness (QED) is 0.648. The lowest BCUT2D eigenvalue weighted by atomic mass is 9.95. The summed E-state index contributed by atoms with van der Waals surface area (Å²) in [4.78, 5) is 0. The van der Waals surface area contributed by atoms with Gasteiger partial charge in [-0.3, -0.25) is 0 Å². The van der Waals surface area contributed by atoms with E-state index in [4.69, 9.17) is 0 Å². The molecule has 0 aliphatic carbocycles. The first kappa shape index (κ1) is 11.1. The van der Waals surface area contributed by atoms with Gasteiger partial charge in [0, 0.05) is 0 Å². The van der Waals surface area contributed by atoms with Gasteiger partial charge in [-0.2, -0.15) is 13.2 Å². The Kier molecular flexibility index (Phi) is 2.88. The van der Waals surface area contributed by atoms with Gasteiger partial charge in [0.25, 0.3) is 0 Å². The molecule has 0 fully saturated rings. The van der Waals surface area contributed by atoms with Crippen molar-refractivity contribution in [2.75, 3.05) is 0 Å². The first-order chi connectivity index (χ1) is 6.38. The molecule has 0 saturated heterocycles. The van der Waals surface area contributed by atoms with E-state index >= 15 is 0 Å². The summed E-state index contributed by atoms with van der Waals surface area (Å²) in [6.45, 7) is 4.96. The second kappa shape index (κ2) is 3.64. The fraction of sp³-hybridized carbons (Fsp3) is 0.455. The van der Waals surface area contributed by atoms with Crippen molar-refractivity contribution in [3.05, 3.63) is 34.4 Å². The number of hydrogen-bond donors (Lipinski definition) is 0. The van der Waals surface area contributed by atoms with E-state index in [9.17, 15) is 13.2 Å². The summed E-state index contributed by atoms with van der Waals surface area (Å²) in [5, 5.41) is 0. The molecule has 0 bridgehead atoms. The average molecular weight is 202 g/mol. The number of aryl methyl sites for hydroxylation is 2. The first-order valence-corrected chi connectivity index (χ1v) is 4.54. The summed E-state index contributed by atoms with van der Waals surface area (Å²) in [6, 6.07) is 3.26. The molecule has 1 aromatic rings. The molecule has 0 heterocycles. The Morgan fingerprint density at radius 2 is 1.57 bits per heavy atom. The molecule has 0 nitrogen and oxygen atoms in total. The summed E-state index contributed by atoms with van der Waals surface area (Å²) in [5.41, 5.74) is 0.975. The zero-order valence-electron chi connectivity index (χ0n) is 8.50. The van der Waals surface area contributed by atoms with Gasteiger partial charge >= 0.3 is 6.18 Å². The van der Waals surface area contributed by atoms with Crippen LogP contribution in [0.15, 0.2) is 12.1 Å². The minimum atomic E-state index is -4.23. The summed E-state index contributed by atoms with van der Waals surface area (Å²) in [5.74, 6) is 0. The van der Waals surface area contributed by atoms with Crippen molar-refractivity contribution < 1.29 is 13.2 Å². The Morgan fingerprint density at radius 1 is 1.07 bits per heavy atom. The van der Waals surface area contributed by atoms with E-state index in [1.165, 1.54) is 13.0 Å². The van der Waals surface area contributed by atoms with Crippen LogP contribution in [0.3, 0.4) is 0 Å². The molecule has 1 aromatic carbocycles. The largest absolute Gasteiger partial charge is 0.416 e. The third kappa shape index (κ3) is 1.91. The van der Waals surface area contributed by atoms with Crippen molar-refractivity contribution in [1.29, 1.82) is 0 Å². The van der Waals surface area contributed by atoms with Crippen LogP contribution in [0.2, 0.25) is 0 Å². The molecular weight excluding hydrogens is 189 g/mol. The maximum absolute atomic E-state index is 12.7. The molecule has 78 valence electrons. The topological polar surface area (TPSA) is 0 Å². The van der Waals surface area contributed by atoms with Gasteiger partial charge < -0.3 is 0 Å².